The number of carbonyl (C=O) groups is 2. The maximum Gasteiger partial charge on any atom is 0.326 e. The van der Waals surface area contributed by atoms with Crippen molar-refractivity contribution in [1.82, 2.24) is 4.90 Å². The first-order valence-corrected chi connectivity index (χ1v) is 6.82. The Morgan fingerprint density at radius 3 is 2.90 bits per heavy atom. The molecule has 0 radical (unpaired) electrons. The molecule has 1 N–H and O–H groups in total. The van der Waals surface area contributed by atoms with Crippen molar-refractivity contribution >= 4 is 23.5 Å². The number of benzene rings is 1. The first kappa shape index (κ1) is 14.7. The summed E-state index contributed by atoms with van der Waals surface area (Å²) in [5.41, 5.74) is 0. The van der Waals surface area contributed by atoms with Crippen LogP contribution in [0.2, 0.25) is 5.02 Å². The lowest BCUT2D eigenvalue weighted by Gasteiger charge is -2.25. The second kappa shape index (κ2) is 6.13. The molecule has 1 aromatic rings. The molecule has 0 aromatic heterocycles. The Kier molecular flexibility index (Phi) is 4.49. The van der Waals surface area contributed by atoms with E-state index in [2.05, 4.69) is 0 Å². The molecule has 20 heavy (non-hydrogen) atoms. The fraction of sp³-hybridized carbons (Fsp3) is 0.429. The van der Waals surface area contributed by atoms with E-state index in [4.69, 9.17) is 21.4 Å². The van der Waals surface area contributed by atoms with Crippen LogP contribution in [0.4, 0.5) is 0 Å². The molecule has 1 unspecified atom stereocenters. The average Bonchev–Trinajstić information content (AvgIpc) is 2.87. The molecule has 0 saturated carbocycles. The van der Waals surface area contributed by atoms with Crippen LogP contribution in [-0.4, -0.2) is 40.6 Å². The van der Waals surface area contributed by atoms with E-state index in [1.54, 1.807) is 31.2 Å². The summed E-state index contributed by atoms with van der Waals surface area (Å²) >= 11 is 5.85. The lowest BCUT2D eigenvalue weighted by molar-refractivity contribution is -0.150. The Morgan fingerprint density at radius 2 is 2.25 bits per heavy atom. The molecule has 0 bridgehead atoms. The highest BCUT2D eigenvalue weighted by atomic mass is 35.5. The van der Waals surface area contributed by atoms with Crippen molar-refractivity contribution in [2.45, 2.75) is 31.9 Å². The van der Waals surface area contributed by atoms with Gasteiger partial charge in [0.25, 0.3) is 5.91 Å². The molecule has 6 heteroatoms. The van der Waals surface area contributed by atoms with Gasteiger partial charge in [-0.1, -0.05) is 17.7 Å². The van der Waals surface area contributed by atoms with E-state index in [-0.39, 0.29) is 5.91 Å². The summed E-state index contributed by atoms with van der Waals surface area (Å²) in [7, 11) is 0. The van der Waals surface area contributed by atoms with E-state index >= 15 is 0 Å². The van der Waals surface area contributed by atoms with Crippen LogP contribution in [0.15, 0.2) is 24.3 Å². The van der Waals surface area contributed by atoms with Crippen molar-refractivity contribution in [3.8, 4) is 5.75 Å². The first-order valence-electron chi connectivity index (χ1n) is 6.44. The molecule has 108 valence electrons. The minimum absolute atomic E-state index is 0.310. The molecule has 1 amide bonds. The minimum Gasteiger partial charge on any atom is -0.481 e. The van der Waals surface area contributed by atoms with Crippen LogP contribution in [0.5, 0.6) is 5.75 Å². The van der Waals surface area contributed by atoms with Crippen molar-refractivity contribution in [3.05, 3.63) is 29.3 Å². The highest BCUT2D eigenvalue weighted by Crippen LogP contribution is 2.22. The Morgan fingerprint density at radius 1 is 1.50 bits per heavy atom. The number of carboxylic acid groups (broad SMARTS) is 1. The molecule has 1 fully saturated rings. The normalized spacial score (nSPS) is 19.7. The van der Waals surface area contributed by atoms with Crippen LogP contribution < -0.4 is 4.74 Å². The summed E-state index contributed by atoms with van der Waals surface area (Å²) in [6.45, 7) is 2.07. The molecule has 1 heterocycles. The third-order valence-corrected chi connectivity index (χ3v) is 3.51. The molecule has 1 aromatic carbocycles. The number of rotatable bonds is 4. The first-order chi connectivity index (χ1) is 9.49. The number of hydrogen-bond acceptors (Lipinski definition) is 3. The molecule has 0 spiro atoms. The highest BCUT2D eigenvalue weighted by molar-refractivity contribution is 6.30. The molecule has 5 nitrogen and oxygen atoms in total. The van der Waals surface area contributed by atoms with Gasteiger partial charge in [0, 0.05) is 11.6 Å². The van der Waals surface area contributed by atoms with Gasteiger partial charge in [-0.05, 0) is 38.0 Å². The van der Waals surface area contributed by atoms with Crippen LogP contribution in [-0.2, 0) is 9.59 Å². The fourth-order valence-corrected chi connectivity index (χ4v) is 2.50. The second-order valence-electron chi connectivity index (χ2n) is 4.75. The Labute approximate surface area is 122 Å². The molecule has 2 atom stereocenters. The molecule has 1 aliphatic heterocycles. The largest absolute Gasteiger partial charge is 0.481 e. The summed E-state index contributed by atoms with van der Waals surface area (Å²) in [6, 6.07) is 6.01. The van der Waals surface area contributed by atoms with Gasteiger partial charge in [0.15, 0.2) is 6.10 Å². The maximum atomic E-state index is 12.3. The van der Waals surface area contributed by atoms with Gasteiger partial charge in [0.2, 0.25) is 0 Å². The SMILES string of the molecule is CC(Oc1cccc(Cl)c1)C(=O)N1CCC[C@@H]1C(=O)O. The lowest BCUT2D eigenvalue weighted by Crippen LogP contribution is -2.46. The fourth-order valence-electron chi connectivity index (χ4n) is 2.32. The van der Waals surface area contributed by atoms with E-state index < -0.39 is 18.1 Å². The van der Waals surface area contributed by atoms with E-state index in [9.17, 15) is 9.59 Å². The van der Waals surface area contributed by atoms with Crippen LogP contribution in [0, 0.1) is 0 Å². The van der Waals surface area contributed by atoms with E-state index in [0.29, 0.717) is 30.2 Å². The summed E-state index contributed by atoms with van der Waals surface area (Å²) in [5, 5.41) is 9.61. The summed E-state index contributed by atoms with van der Waals surface area (Å²) in [5.74, 6) is -0.787. The minimum atomic E-state index is -0.967. The summed E-state index contributed by atoms with van der Waals surface area (Å²) in [4.78, 5) is 24.7. The van der Waals surface area contributed by atoms with Crippen molar-refractivity contribution in [2.75, 3.05) is 6.54 Å². The highest BCUT2D eigenvalue weighted by Gasteiger charge is 2.36. The molecule has 1 aliphatic rings. The van der Waals surface area contributed by atoms with Gasteiger partial charge in [0.05, 0.1) is 0 Å². The second-order valence-corrected chi connectivity index (χ2v) is 5.18. The Hall–Kier alpha value is -1.75. The van der Waals surface area contributed by atoms with Crippen molar-refractivity contribution < 1.29 is 19.4 Å². The topological polar surface area (TPSA) is 66.8 Å². The number of nitrogens with zero attached hydrogens (tertiary/aromatic N) is 1. The van der Waals surface area contributed by atoms with Gasteiger partial charge < -0.3 is 14.7 Å². The van der Waals surface area contributed by atoms with Crippen molar-refractivity contribution in [3.63, 3.8) is 0 Å². The maximum absolute atomic E-state index is 12.3. The molecule has 2 rings (SSSR count). The molecule has 1 saturated heterocycles. The zero-order valence-corrected chi connectivity index (χ0v) is 11.8. The van der Waals surface area contributed by atoms with Gasteiger partial charge in [-0.25, -0.2) is 4.79 Å². The van der Waals surface area contributed by atoms with Crippen LogP contribution >= 0.6 is 11.6 Å². The Balaban J connectivity index is 2.03. The van der Waals surface area contributed by atoms with E-state index in [0.717, 1.165) is 0 Å². The van der Waals surface area contributed by atoms with Crippen LogP contribution in [0.25, 0.3) is 0 Å². The monoisotopic (exact) mass is 297 g/mol. The molecular weight excluding hydrogens is 282 g/mol. The standard InChI is InChI=1S/C14H16ClNO4/c1-9(20-11-5-2-4-10(15)8-11)13(17)16-7-3-6-12(16)14(18)19/h2,4-5,8-9,12H,3,6-7H2,1H3,(H,18,19)/t9?,12-/m1/s1. The van der Waals surface area contributed by atoms with Gasteiger partial charge >= 0.3 is 5.97 Å². The van der Waals surface area contributed by atoms with Crippen molar-refractivity contribution in [2.24, 2.45) is 0 Å². The summed E-state index contributed by atoms with van der Waals surface area (Å²) < 4.78 is 5.53. The number of amides is 1. The van der Waals surface area contributed by atoms with Crippen LogP contribution in [0.1, 0.15) is 19.8 Å². The number of hydrogen-bond donors (Lipinski definition) is 1. The predicted molar refractivity (Wildman–Crippen MR) is 73.9 cm³/mol. The predicted octanol–water partition coefficient (Wildman–Crippen LogP) is 2.18. The van der Waals surface area contributed by atoms with Gasteiger partial charge in [-0.15, -0.1) is 0 Å². The quantitative estimate of drug-likeness (QED) is 0.925. The van der Waals surface area contributed by atoms with E-state index in [1.165, 1.54) is 4.90 Å². The third kappa shape index (κ3) is 3.22. The molecular formula is C14H16ClNO4. The summed E-state index contributed by atoms with van der Waals surface area (Å²) in [6.07, 6.45) is 0.450. The Bertz CT molecular complexity index is 520. The van der Waals surface area contributed by atoms with E-state index in [1.807, 2.05) is 0 Å². The number of aliphatic carboxylic acids is 1. The van der Waals surface area contributed by atoms with Gasteiger partial charge in [0.1, 0.15) is 11.8 Å². The number of ether oxygens (including phenoxy) is 1. The molecule has 0 aliphatic carbocycles. The third-order valence-electron chi connectivity index (χ3n) is 3.28. The smallest absolute Gasteiger partial charge is 0.326 e. The van der Waals surface area contributed by atoms with Crippen LogP contribution in [0.3, 0.4) is 0 Å². The number of halogens is 1. The number of carbonyl (C=O) groups excluding carboxylic acids is 1. The lowest BCUT2D eigenvalue weighted by atomic mass is 10.2. The zero-order chi connectivity index (χ0) is 14.7. The number of carboxylic acids is 1. The van der Waals surface area contributed by atoms with Crippen molar-refractivity contribution in [1.29, 1.82) is 0 Å². The van der Waals surface area contributed by atoms with Gasteiger partial charge in [-0.3, -0.25) is 4.79 Å². The zero-order valence-electron chi connectivity index (χ0n) is 11.1. The number of likely N-dealkylation sites (tertiary alicyclic amines) is 1. The average molecular weight is 298 g/mol. The van der Waals surface area contributed by atoms with Gasteiger partial charge in [-0.2, -0.15) is 0 Å².